The molecule has 2 saturated carbocycles. The molecule has 6 nitrogen and oxygen atoms in total. The summed E-state index contributed by atoms with van der Waals surface area (Å²) in [7, 11) is 12.0. The molecule has 13 heteroatoms. The normalized spacial score (nSPS) is 19.9. The minimum atomic E-state index is -1.09. The third-order valence-corrected chi connectivity index (χ3v) is 13.7. The molecule has 0 N–H and O–H groups in total. The van der Waals surface area contributed by atoms with Gasteiger partial charge in [-0.25, -0.2) is 30.7 Å². The fourth-order valence-electron chi connectivity index (χ4n) is 9.90. The van der Waals surface area contributed by atoms with Gasteiger partial charge in [-0.15, -0.1) is 0 Å². The minimum Gasteiger partial charge on any atom is -0.345 e. The Labute approximate surface area is 367 Å². The van der Waals surface area contributed by atoms with Crippen molar-refractivity contribution in [2.24, 2.45) is 0 Å². The van der Waals surface area contributed by atoms with E-state index in [1.807, 2.05) is 74.9 Å². The molecule has 2 fully saturated rings. The van der Waals surface area contributed by atoms with Crippen molar-refractivity contribution in [2.75, 3.05) is 42.3 Å². The summed E-state index contributed by atoms with van der Waals surface area (Å²) in [6.07, 6.45) is 13.2. The van der Waals surface area contributed by atoms with Crippen LogP contribution in [0.3, 0.4) is 0 Å². The first-order valence-corrected chi connectivity index (χ1v) is 22.7. The van der Waals surface area contributed by atoms with Crippen molar-refractivity contribution in [1.29, 1.82) is 0 Å². The van der Waals surface area contributed by atoms with Gasteiger partial charge in [-0.1, -0.05) is 34.1 Å². The molecule has 3 aromatic heterocycles. The molecule has 0 radical (unpaired) electrons. The first kappa shape index (κ1) is 46.7. The van der Waals surface area contributed by atoms with E-state index in [1.54, 1.807) is 4.57 Å². The van der Waals surface area contributed by atoms with E-state index in [4.69, 9.17) is 0 Å². The summed E-state index contributed by atoms with van der Waals surface area (Å²) >= 11 is 0. The molecule has 3 unspecified atom stereocenters. The molecule has 0 amide bonds. The lowest BCUT2D eigenvalue weighted by Gasteiger charge is -2.30. The van der Waals surface area contributed by atoms with E-state index in [0.717, 1.165) is 84.9 Å². The number of nitrogens with zero attached hydrogens (tertiary/aromatic N) is 6. The highest BCUT2D eigenvalue weighted by atomic mass is 19.2. The predicted octanol–water partition coefficient (Wildman–Crippen LogP) is 11.6. The fraction of sp³-hybridized carbons (Fsp3) is 0.520. The molecule has 11 rings (SSSR count). The van der Waals surface area contributed by atoms with Crippen molar-refractivity contribution in [2.45, 2.75) is 129 Å². The molecular weight excluding hydrogens is 818 g/mol. The second-order valence-corrected chi connectivity index (χ2v) is 18.1. The zero-order chi connectivity index (χ0) is 45.8. The molecule has 342 valence electrons. The van der Waals surface area contributed by atoms with Gasteiger partial charge in [0.2, 0.25) is 0 Å². The molecule has 0 spiro atoms. The highest BCUT2D eigenvalue weighted by Crippen LogP contribution is 2.47. The average Bonchev–Trinajstić information content (AvgIpc) is 3.78. The van der Waals surface area contributed by atoms with Crippen LogP contribution in [-0.2, 0) is 38.9 Å². The van der Waals surface area contributed by atoms with E-state index in [0.29, 0.717) is 58.7 Å². The summed E-state index contributed by atoms with van der Waals surface area (Å²) < 4.78 is 103. The monoisotopic (exact) mass is 881 g/mol. The molecule has 2 aliphatic carbocycles. The van der Waals surface area contributed by atoms with Gasteiger partial charge in [0, 0.05) is 67.1 Å². The van der Waals surface area contributed by atoms with Gasteiger partial charge >= 0.3 is 0 Å². The Balaban J connectivity index is 0.000000137. The molecule has 63 heavy (non-hydrogen) atoms. The van der Waals surface area contributed by atoms with E-state index in [9.17, 15) is 30.7 Å². The van der Waals surface area contributed by atoms with E-state index < -0.39 is 40.7 Å². The van der Waals surface area contributed by atoms with E-state index in [-0.39, 0.29) is 11.4 Å². The van der Waals surface area contributed by atoms with Crippen LogP contribution in [-0.4, -0.2) is 88.8 Å². The van der Waals surface area contributed by atoms with Gasteiger partial charge in [0.05, 0.1) is 21.9 Å². The summed E-state index contributed by atoms with van der Waals surface area (Å²) in [6, 6.07) is 4.82. The Kier molecular flexibility index (Phi) is 13.8. The van der Waals surface area contributed by atoms with Crippen molar-refractivity contribution in [3.05, 3.63) is 105 Å². The molecule has 5 aliphatic rings. The maximum Gasteiger partial charge on any atom is 0.171 e. The molecular formula is C50H63F7N6. The lowest BCUT2D eigenvalue weighted by atomic mass is 9.80. The second-order valence-electron chi connectivity index (χ2n) is 18.1. The molecule has 6 aromatic rings. The minimum absolute atomic E-state index is 0.164. The number of likely N-dealkylation sites (N-methyl/N-ethyl adjacent to an activating group) is 3. The fourth-order valence-corrected chi connectivity index (χ4v) is 9.90. The second kappa shape index (κ2) is 18.6. The molecule has 6 heterocycles. The van der Waals surface area contributed by atoms with Crippen molar-refractivity contribution in [3.63, 3.8) is 0 Å². The smallest absolute Gasteiger partial charge is 0.171 e. The van der Waals surface area contributed by atoms with Gasteiger partial charge in [-0.2, -0.15) is 0 Å². The molecule has 0 bridgehead atoms. The van der Waals surface area contributed by atoms with Crippen LogP contribution in [0.5, 0.6) is 0 Å². The number of aromatic nitrogens is 3. The highest BCUT2D eigenvalue weighted by molar-refractivity contribution is 5.90. The third-order valence-electron chi connectivity index (χ3n) is 13.7. The number of benzene rings is 3. The Hall–Kier alpha value is -4.33. The quantitative estimate of drug-likeness (QED) is 0.161. The number of hydrogen-bond acceptors (Lipinski definition) is 3. The Bertz CT molecular complexity index is 2610. The van der Waals surface area contributed by atoms with Gasteiger partial charge in [0.15, 0.2) is 40.7 Å². The molecule has 3 aliphatic heterocycles. The van der Waals surface area contributed by atoms with Crippen LogP contribution in [0.25, 0.3) is 32.7 Å². The summed E-state index contributed by atoms with van der Waals surface area (Å²) in [4.78, 5) is 6.33. The summed E-state index contributed by atoms with van der Waals surface area (Å²) in [5.74, 6) is -4.63. The van der Waals surface area contributed by atoms with Gasteiger partial charge in [0.25, 0.3) is 0 Å². The summed E-state index contributed by atoms with van der Waals surface area (Å²) in [5, 5.41) is 0.869. The van der Waals surface area contributed by atoms with E-state index >= 15 is 0 Å². The lowest BCUT2D eigenvalue weighted by molar-refractivity contribution is 0.258. The Morgan fingerprint density at radius 1 is 0.429 bits per heavy atom. The van der Waals surface area contributed by atoms with Gasteiger partial charge < -0.3 is 28.4 Å². The lowest BCUT2D eigenvalue weighted by Crippen LogP contribution is -2.36. The van der Waals surface area contributed by atoms with Crippen molar-refractivity contribution in [1.82, 2.24) is 28.4 Å². The van der Waals surface area contributed by atoms with Crippen LogP contribution < -0.4 is 0 Å². The molecule has 0 saturated heterocycles. The SMILES string of the molecule is CC.CC.CN(C)C1Cc2cc(F)c(F)c3c(C4CC4)cn(c23)C1.CN(C)C1Cc2cc(F)c(F)c3c(C4CCC4)cn(c23)C1.CN(C)C1Cc2cc(F)c(F)c3c(F)cn(c23)C1. The highest BCUT2D eigenvalue weighted by Gasteiger charge is 2.35. The zero-order valence-electron chi connectivity index (χ0n) is 38.5. The summed E-state index contributed by atoms with van der Waals surface area (Å²) in [5.41, 5.74) is 6.92. The average molecular weight is 881 g/mol. The van der Waals surface area contributed by atoms with Crippen molar-refractivity contribution >= 4 is 32.7 Å². The molecule has 3 atom stereocenters. The van der Waals surface area contributed by atoms with Crippen LogP contribution in [0.1, 0.15) is 99.5 Å². The zero-order valence-corrected chi connectivity index (χ0v) is 38.5. The third kappa shape index (κ3) is 8.54. The Morgan fingerprint density at radius 3 is 1.06 bits per heavy atom. The first-order valence-electron chi connectivity index (χ1n) is 22.7. The number of rotatable bonds is 5. The maximum atomic E-state index is 14.4. The van der Waals surface area contributed by atoms with Crippen LogP contribution in [0.4, 0.5) is 30.7 Å². The van der Waals surface area contributed by atoms with Gasteiger partial charge in [0.1, 0.15) is 0 Å². The Morgan fingerprint density at radius 2 is 0.746 bits per heavy atom. The van der Waals surface area contributed by atoms with Crippen LogP contribution >= 0.6 is 0 Å². The largest absolute Gasteiger partial charge is 0.345 e. The summed E-state index contributed by atoms with van der Waals surface area (Å²) in [6.45, 7) is 10.3. The standard InChI is InChI=1S/C17H20F2N2.C16H18F2N2.C13H13F3N2.2C2H6/c1-20(2)12-6-11-7-14(18)16(19)15-13(10-4-3-5-10)9-21(8-12)17(11)15;1-19(2)11-5-10-6-13(17)15(18)14-12(9-3-4-9)8-20(7-11)16(10)14;1-17(2)8-3-7-4-9(14)12(16)11-10(15)6-18(5-8)13(7)11;2*1-2/h7,9-10,12H,3-6,8H2,1-2H3;6,8-9,11H,3-5,7H2,1-2H3;4,6,8H,3,5H2,1-2H3;2*1-2H3. The first-order chi connectivity index (χ1) is 30.1. The number of hydrogen-bond donors (Lipinski definition) is 0. The van der Waals surface area contributed by atoms with Crippen molar-refractivity contribution < 1.29 is 30.7 Å². The predicted molar refractivity (Wildman–Crippen MR) is 240 cm³/mol. The van der Waals surface area contributed by atoms with Gasteiger partial charge in [-0.3, -0.25) is 0 Å². The maximum absolute atomic E-state index is 14.4. The van der Waals surface area contributed by atoms with Gasteiger partial charge in [-0.05, 0) is 145 Å². The van der Waals surface area contributed by atoms with E-state index in [2.05, 4.69) is 31.3 Å². The number of halogens is 7. The topological polar surface area (TPSA) is 24.5 Å². The van der Waals surface area contributed by atoms with Crippen molar-refractivity contribution in [3.8, 4) is 0 Å². The van der Waals surface area contributed by atoms with E-state index in [1.165, 1.54) is 30.8 Å². The van der Waals surface area contributed by atoms with Crippen LogP contribution in [0.2, 0.25) is 0 Å². The van der Waals surface area contributed by atoms with Crippen LogP contribution in [0, 0.1) is 40.7 Å². The molecule has 3 aromatic carbocycles. The van der Waals surface area contributed by atoms with Crippen LogP contribution in [0.15, 0.2) is 36.8 Å².